The number of nitrogens with zero attached hydrogens (tertiary/aromatic N) is 1. The van der Waals surface area contributed by atoms with Gasteiger partial charge in [-0.05, 0) is 58.1 Å². The predicted molar refractivity (Wildman–Crippen MR) is 117 cm³/mol. The first kappa shape index (κ1) is 20.7. The van der Waals surface area contributed by atoms with Crippen molar-refractivity contribution in [2.24, 2.45) is 4.99 Å². The first-order chi connectivity index (χ1) is 14.2. The van der Waals surface area contributed by atoms with Gasteiger partial charge in [-0.25, -0.2) is 0 Å². The highest BCUT2D eigenvalue weighted by molar-refractivity contribution is 7.07. The molecule has 29 heavy (non-hydrogen) atoms. The highest BCUT2D eigenvalue weighted by Crippen LogP contribution is 2.17. The number of aliphatic imine (C=N–C) groups is 1. The molecule has 152 valence electrons. The Hall–Kier alpha value is -3.06. The number of guanidine groups is 1. The molecule has 3 aromatic rings. The SMILES string of the molecule is CN=C(NCc1cccc(C(=O)NCc2ccco2)c1)NCC(C)c1ccsc1. The molecule has 2 heterocycles. The number of amides is 1. The molecule has 1 unspecified atom stereocenters. The van der Waals surface area contributed by atoms with Crippen LogP contribution in [0.4, 0.5) is 0 Å². The van der Waals surface area contributed by atoms with Gasteiger partial charge in [-0.2, -0.15) is 11.3 Å². The van der Waals surface area contributed by atoms with E-state index in [1.165, 1.54) is 5.56 Å². The monoisotopic (exact) mass is 410 g/mol. The molecule has 0 saturated heterocycles. The van der Waals surface area contributed by atoms with Crippen LogP contribution in [0, 0.1) is 0 Å². The molecule has 0 saturated carbocycles. The molecular weight excluding hydrogens is 384 g/mol. The summed E-state index contributed by atoms with van der Waals surface area (Å²) >= 11 is 1.71. The summed E-state index contributed by atoms with van der Waals surface area (Å²) in [5.41, 5.74) is 2.94. The summed E-state index contributed by atoms with van der Waals surface area (Å²) in [5.74, 6) is 1.74. The van der Waals surface area contributed by atoms with E-state index in [2.05, 4.69) is 44.7 Å². The minimum atomic E-state index is -0.129. The number of nitrogens with one attached hydrogen (secondary N) is 3. The van der Waals surface area contributed by atoms with Crippen LogP contribution in [-0.2, 0) is 13.1 Å². The lowest BCUT2D eigenvalue weighted by Crippen LogP contribution is -2.38. The molecule has 1 aromatic carbocycles. The molecule has 0 fully saturated rings. The fourth-order valence-electron chi connectivity index (χ4n) is 2.83. The number of hydrogen-bond acceptors (Lipinski definition) is 4. The van der Waals surface area contributed by atoms with Crippen molar-refractivity contribution in [1.29, 1.82) is 0 Å². The highest BCUT2D eigenvalue weighted by Gasteiger charge is 2.09. The van der Waals surface area contributed by atoms with E-state index in [1.807, 2.05) is 24.3 Å². The van der Waals surface area contributed by atoms with Crippen LogP contribution in [0.15, 0.2) is 68.9 Å². The van der Waals surface area contributed by atoms with E-state index in [9.17, 15) is 4.79 Å². The molecule has 0 bridgehead atoms. The first-order valence-electron chi connectivity index (χ1n) is 9.52. The number of furan rings is 1. The van der Waals surface area contributed by atoms with Crippen molar-refractivity contribution in [3.63, 3.8) is 0 Å². The second kappa shape index (κ2) is 10.5. The molecule has 0 aliphatic heterocycles. The van der Waals surface area contributed by atoms with Crippen LogP contribution in [-0.4, -0.2) is 25.5 Å². The molecule has 0 radical (unpaired) electrons. The van der Waals surface area contributed by atoms with E-state index < -0.39 is 0 Å². The number of carbonyl (C=O) groups excluding carboxylic acids is 1. The lowest BCUT2D eigenvalue weighted by molar-refractivity contribution is 0.0948. The molecule has 0 aliphatic rings. The lowest BCUT2D eigenvalue weighted by Gasteiger charge is -2.15. The van der Waals surface area contributed by atoms with Gasteiger partial charge in [0.25, 0.3) is 5.91 Å². The van der Waals surface area contributed by atoms with Crippen LogP contribution >= 0.6 is 11.3 Å². The van der Waals surface area contributed by atoms with Gasteiger partial charge in [0, 0.05) is 25.7 Å². The Bertz CT molecular complexity index is 920. The maximum Gasteiger partial charge on any atom is 0.251 e. The van der Waals surface area contributed by atoms with Crippen molar-refractivity contribution in [3.8, 4) is 0 Å². The molecule has 0 spiro atoms. The standard InChI is InChI=1S/C22H26N4O2S/c1-16(19-8-10-29-15-19)12-25-22(23-2)26-13-17-5-3-6-18(11-17)21(27)24-14-20-7-4-9-28-20/h3-11,15-16H,12-14H2,1-2H3,(H,24,27)(H2,23,25,26). The number of thiophene rings is 1. The van der Waals surface area contributed by atoms with Crippen molar-refractivity contribution in [3.05, 3.63) is 81.9 Å². The van der Waals surface area contributed by atoms with E-state index >= 15 is 0 Å². The van der Waals surface area contributed by atoms with Crippen molar-refractivity contribution < 1.29 is 9.21 Å². The Morgan fingerprint density at radius 3 is 2.76 bits per heavy atom. The quantitative estimate of drug-likeness (QED) is 0.390. The summed E-state index contributed by atoms with van der Waals surface area (Å²) in [4.78, 5) is 16.6. The summed E-state index contributed by atoms with van der Waals surface area (Å²) < 4.78 is 5.24. The van der Waals surface area contributed by atoms with Gasteiger partial charge in [0.1, 0.15) is 5.76 Å². The Morgan fingerprint density at radius 1 is 1.14 bits per heavy atom. The summed E-state index contributed by atoms with van der Waals surface area (Å²) in [6.45, 7) is 3.93. The largest absolute Gasteiger partial charge is 0.467 e. The molecule has 2 aromatic heterocycles. The van der Waals surface area contributed by atoms with E-state index in [0.29, 0.717) is 24.6 Å². The van der Waals surface area contributed by atoms with Gasteiger partial charge < -0.3 is 20.4 Å². The molecule has 6 nitrogen and oxygen atoms in total. The fourth-order valence-corrected chi connectivity index (χ4v) is 3.62. The maximum atomic E-state index is 12.4. The van der Waals surface area contributed by atoms with E-state index in [-0.39, 0.29) is 5.91 Å². The first-order valence-corrected chi connectivity index (χ1v) is 10.5. The average Bonchev–Trinajstić information content (AvgIpc) is 3.46. The Balaban J connectivity index is 1.49. The maximum absolute atomic E-state index is 12.4. The number of hydrogen-bond donors (Lipinski definition) is 3. The molecule has 1 atom stereocenters. The van der Waals surface area contributed by atoms with Crippen LogP contribution in [0.1, 0.15) is 40.1 Å². The van der Waals surface area contributed by atoms with Gasteiger partial charge in [0.05, 0.1) is 12.8 Å². The number of benzene rings is 1. The zero-order chi connectivity index (χ0) is 20.5. The van der Waals surface area contributed by atoms with Crippen molar-refractivity contribution in [2.45, 2.75) is 25.9 Å². The topological polar surface area (TPSA) is 78.7 Å². The average molecular weight is 411 g/mol. The third-order valence-corrected chi connectivity index (χ3v) is 5.27. The second-order valence-corrected chi connectivity index (χ2v) is 7.51. The molecule has 3 N–H and O–H groups in total. The van der Waals surface area contributed by atoms with E-state index in [1.54, 1.807) is 36.8 Å². The summed E-state index contributed by atoms with van der Waals surface area (Å²) in [5, 5.41) is 13.8. The molecular formula is C22H26N4O2S. The van der Waals surface area contributed by atoms with E-state index in [4.69, 9.17) is 4.42 Å². The fraction of sp³-hybridized carbons (Fsp3) is 0.273. The number of carbonyl (C=O) groups is 1. The third-order valence-electron chi connectivity index (χ3n) is 4.56. The van der Waals surface area contributed by atoms with Gasteiger partial charge in [-0.15, -0.1) is 0 Å². The van der Waals surface area contributed by atoms with Crippen LogP contribution < -0.4 is 16.0 Å². The van der Waals surface area contributed by atoms with Crippen LogP contribution in [0.3, 0.4) is 0 Å². The Labute approximate surface area is 175 Å². The lowest BCUT2D eigenvalue weighted by atomic mass is 10.1. The van der Waals surface area contributed by atoms with Crippen LogP contribution in [0.2, 0.25) is 0 Å². The predicted octanol–water partition coefficient (Wildman–Crippen LogP) is 3.74. The zero-order valence-electron chi connectivity index (χ0n) is 16.6. The van der Waals surface area contributed by atoms with Crippen molar-refractivity contribution in [2.75, 3.05) is 13.6 Å². The van der Waals surface area contributed by atoms with Crippen molar-refractivity contribution in [1.82, 2.24) is 16.0 Å². The second-order valence-electron chi connectivity index (χ2n) is 6.73. The summed E-state index contributed by atoms with van der Waals surface area (Å²) in [6.07, 6.45) is 1.59. The smallest absolute Gasteiger partial charge is 0.251 e. The normalized spacial score (nSPS) is 12.4. The Kier molecular flexibility index (Phi) is 7.47. The van der Waals surface area contributed by atoms with Crippen molar-refractivity contribution >= 4 is 23.2 Å². The summed E-state index contributed by atoms with van der Waals surface area (Å²) in [7, 11) is 1.75. The zero-order valence-corrected chi connectivity index (χ0v) is 17.5. The van der Waals surface area contributed by atoms with Gasteiger partial charge in [0.2, 0.25) is 0 Å². The molecule has 7 heteroatoms. The molecule has 0 aliphatic carbocycles. The van der Waals surface area contributed by atoms with Crippen LogP contribution in [0.25, 0.3) is 0 Å². The number of rotatable bonds is 8. The van der Waals surface area contributed by atoms with Gasteiger partial charge >= 0.3 is 0 Å². The van der Waals surface area contributed by atoms with Gasteiger partial charge in [-0.1, -0.05) is 19.1 Å². The molecule has 3 rings (SSSR count). The highest BCUT2D eigenvalue weighted by atomic mass is 32.1. The van der Waals surface area contributed by atoms with Gasteiger partial charge in [0.15, 0.2) is 5.96 Å². The molecule has 1 amide bonds. The minimum absolute atomic E-state index is 0.129. The van der Waals surface area contributed by atoms with E-state index in [0.717, 1.165) is 23.8 Å². The van der Waals surface area contributed by atoms with Gasteiger partial charge in [-0.3, -0.25) is 9.79 Å². The minimum Gasteiger partial charge on any atom is -0.467 e. The van der Waals surface area contributed by atoms with Crippen LogP contribution in [0.5, 0.6) is 0 Å². The third kappa shape index (κ3) is 6.22. The summed E-state index contributed by atoms with van der Waals surface area (Å²) in [6, 6.07) is 13.3. The Morgan fingerprint density at radius 2 is 2.03 bits per heavy atom.